The van der Waals surface area contributed by atoms with Crippen LogP contribution in [0.1, 0.15) is 30.9 Å². The van der Waals surface area contributed by atoms with E-state index in [1.807, 2.05) is 18.2 Å². The lowest BCUT2D eigenvalue weighted by Crippen LogP contribution is -2.43. The zero-order valence-electron chi connectivity index (χ0n) is 18.7. The number of pyridine rings is 1. The molecular weight excluding hydrogens is 423 g/mol. The lowest BCUT2D eigenvalue weighted by atomic mass is 9.74. The maximum atomic E-state index is 15.4. The van der Waals surface area contributed by atoms with E-state index in [2.05, 4.69) is 40.8 Å². The Morgan fingerprint density at radius 2 is 1.61 bits per heavy atom. The van der Waals surface area contributed by atoms with Gasteiger partial charge in [0.05, 0.1) is 5.39 Å². The lowest BCUT2D eigenvalue weighted by molar-refractivity contribution is 0.107. The highest BCUT2D eigenvalue weighted by Gasteiger charge is 2.36. The van der Waals surface area contributed by atoms with Gasteiger partial charge in [0.15, 0.2) is 5.82 Å². The van der Waals surface area contributed by atoms with E-state index in [0.717, 1.165) is 19.6 Å². The molecule has 5 rings (SSSR count). The molecule has 1 N–H and O–H groups in total. The number of H-pyrrole nitrogens is 1. The molecule has 1 unspecified atom stereocenters. The van der Waals surface area contributed by atoms with Crippen LogP contribution in [-0.4, -0.2) is 28.0 Å². The van der Waals surface area contributed by atoms with E-state index in [4.69, 9.17) is 0 Å². The summed E-state index contributed by atoms with van der Waals surface area (Å²) in [4.78, 5) is 9.19. The molecule has 0 radical (unpaired) electrons. The van der Waals surface area contributed by atoms with Crippen LogP contribution >= 0.6 is 0 Å². The Hall–Kier alpha value is -3.12. The minimum atomic E-state index is -0.578. The van der Waals surface area contributed by atoms with Crippen LogP contribution < -0.4 is 0 Å². The molecule has 4 aromatic rings. The third kappa shape index (κ3) is 4.04. The fraction of sp³-hybridized carbons (Fsp3) is 0.296. The number of nitrogens with zero attached hydrogens (tertiary/aromatic N) is 2. The van der Waals surface area contributed by atoms with Crippen molar-refractivity contribution >= 4 is 11.0 Å². The van der Waals surface area contributed by atoms with Crippen molar-refractivity contribution in [2.24, 2.45) is 11.8 Å². The van der Waals surface area contributed by atoms with Gasteiger partial charge in [-0.05, 0) is 52.6 Å². The van der Waals surface area contributed by atoms with Gasteiger partial charge in [0.25, 0.3) is 0 Å². The minimum absolute atomic E-state index is 0.0852. The van der Waals surface area contributed by atoms with Crippen LogP contribution in [0.4, 0.5) is 13.2 Å². The summed E-state index contributed by atoms with van der Waals surface area (Å²) in [5, 5.41) is 0.236. The van der Waals surface area contributed by atoms with E-state index < -0.39 is 17.5 Å². The van der Waals surface area contributed by atoms with E-state index in [1.54, 1.807) is 6.07 Å². The predicted molar refractivity (Wildman–Crippen MR) is 124 cm³/mol. The molecule has 1 aliphatic heterocycles. The SMILES string of the molecule is C[C@@H]1CN(Cc2ccccc2)C[C@H](C)C1c1c(F)cc(-c2ccnc3[nH]cc(F)c23)cc1F. The minimum Gasteiger partial charge on any atom is -0.343 e. The molecule has 1 aliphatic rings. The number of aromatic nitrogens is 2. The molecule has 3 atom stereocenters. The highest BCUT2D eigenvalue weighted by Crippen LogP contribution is 2.41. The van der Waals surface area contributed by atoms with Crippen LogP contribution in [0, 0.1) is 29.3 Å². The number of aromatic amines is 1. The van der Waals surface area contributed by atoms with Gasteiger partial charge in [-0.1, -0.05) is 44.2 Å². The summed E-state index contributed by atoms with van der Waals surface area (Å²) >= 11 is 0. The maximum absolute atomic E-state index is 15.4. The largest absolute Gasteiger partial charge is 0.343 e. The van der Waals surface area contributed by atoms with Gasteiger partial charge in [-0.2, -0.15) is 0 Å². The van der Waals surface area contributed by atoms with Crippen LogP contribution in [0.3, 0.4) is 0 Å². The van der Waals surface area contributed by atoms with Crippen LogP contribution in [0.5, 0.6) is 0 Å². The molecule has 33 heavy (non-hydrogen) atoms. The molecule has 2 aromatic carbocycles. The topological polar surface area (TPSA) is 31.9 Å². The van der Waals surface area contributed by atoms with Gasteiger partial charge in [0.1, 0.15) is 17.3 Å². The summed E-state index contributed by atoms with van der Waals surface area (Å²) in [5.74, 6) is -1.71. The third-order valence-electron chi connectivity index (χ3n) is 6.82. The summed E-state index contributed by atoms with van der Waals surface area (Å²) < 4.78 is 45.2. The van der Waals surface area contributed by atoms with E-state index >= 15 is 8.78 Å². The zero-order chi connectivity index (χ0) is 23.1. The zero-order valence-corrected chi connectivity index (χ0v) is 18.7. The summed E-state index contributed by atoms with van der Waals surface area (Å²) in [6.07, 6.45) is 2.71. The molecule has 1 saturated heterocycles. The Morgan fingerprint density at radius 1 is 0.939 bits per heavy atom. The number of nitrogens with one attached hydrogen (secondary N) is 1. The number of likely N-dealkylation sites (tertiary alicyclic amines) is 1. The molecule has 1 fully saturated rings. The standard InChI is InChI=1S/C27H26F3N3/c1-16-13-33(15-18-6-4-3-5-7-18)14-17(2)24(16)26-21(28)10-19(11-22(26)29)20-8-9-31-27-25(20)23(30)12-32-27/h3-12,16-17,24H,13-15H2,1-2H3,(H,31,32)/t16-,17+,24?. The van der Waals surface area contributed by atoms with Crippen LogP contribution in [0.25, 0.3) is 22.2 Å². The number of rotatable bonds is 4. The van der Waals surface area contributed by atoms with Gasteiger partial charge >= 0.3 is 0 Å². The first-order valence-corrected chi connectivity index (χ1v) is 11.3. The molecule has 0 aliphatic carbocycles. The molecule has 2 aromatic heterocycles. The smallest absolute Gasteiger partial charge is 0.150 e. The van der Waals surface area contributed by atoms with E-state index in [0.29, 0.717) is 16.8 Å². The van der Waals surface area contributed by atoms with Crippen LogP contribution in [0.2, 0.25) is 0 Å². The second kappa shape index (κ2) is 8.67. The molecule has 170 valence electrons. The number of halogens is 3. The monoisotopic (exact) mass is 449 g/mol. The molecule has 3 nitrogen and oxygen atoms in total. The predicted octanol–water partition coefficient (Wildman–Crippen LogP) is 6.52. The molecular formula is C27H26F3N3. The third-order valence-corrected chi connectivity index (χ3v) is 6.82. The van der Waals surface area contributed by atoms with E-state index in [1.165, 1.54) is 30.1 Å². The average molecular weight is 450 g/mol. The van der Waals surface area contributed by atoms with Crippen molar-refractivity contribution in [1.82, 2.24) is 14.9 Å². The van der Waals surface area contributed by atoms with Crippen LogP contribution in [0.15, 0.2) is 60.9 Å². The van der Waals surface area contributed by atoms with Crippen molar-refractivity contribution < 1.29 is 13.2 Å². The van der Waals surface area contributed by atoms with E-state index in [-0.39, 0.29) is 28.7 Å². The highest BCUT2D eigenvalue weighted by molar-refractivity contribution is 5.93. The van der Waals surface area contributed by atoms with Crippen molar-refractivity contribution in [2.45, 2.75) is 26.3 Å². The first kappa shape index (κ1) is 21.7. The number of fused-ring (bicyclic) bond motifs is 1. The Bertz CT molecular complexity index is 1250. The van der Waals surface area contributed by atoms with Gasteiger partial charge in [-0.15, -0.1) is 0 Å². The molecule has 0 saturated carbocycles. The van der Waals surface area contributed by atoms with Crippen molar-refractivity contribution in [3.05, 3.63) is 89.5 Å². The molecule has 6 heteroatoms. The number of hydrogen-bond acceptors (Lipinski definition) is 2. The molecule has 0 bridgehead atoms. The van der Waals surface area contributed by atoms with Gasteiger partial charge in [0.2, 0.25) is 0 Å². The van der Waals surface area contributed by atoms with Crippen molar-refractivity contribution in [3.63, 3.8) is 0 Å². The van der Waals surface area contributed by atoms with Gasteiger partial charge in [-0.25, -0.2) is 18.2 Å². The first-order valence-electron chi connectivity index (χ1n) is 11.3. The van der Waals surface area contributed by atoms with Crippen molar-refractivity contribution in [3.8, 4) is 11.1 Å². The number of hydrogen-bond donors (Lipinski definition) is 1. The van der Waals surface area contributed by atoms with Crippen molar-refractivity contribution in [2.75, 3.05) is 13.1 Å². The molecule has 3 heterocycles. The summed E-state index contributed by atoms with van der Waals surface area (Å²) in [6.45, 7) is 6.49. The second-order valence-corrected chi connectivity index (χ2v) is 9.23. The van der Waals surface area contributed by atoms with Gasteiger partial charge in [-0.3, -0.25) is 4.90 Å². The van der Waals surface area contributed by atoms with E-state index in [9.17, 15) is 4.39 Å². The number of piperidine rings is 1. The molecule has 0 spiro atoms. The Balaban J connectivity index is 1.44. The first-order chi connectivity index (χ1) is 15.9. The average Bonchev–Trinajstić information content (AvgIpc) is 3.17. The van der Waals surface area contributed by atoms with Gasteiger partial charge in [0, 0.05) is 37.6 Å². The second-order valence-electron chi connectivity index (χ2n) is 9.23. The summed E-state index contributed by atoms with van der Waals surface area (Å²) in [6, 6.07) is 14.5. The fourth-order valence-electron chi connectivity index (χ4n) is 5.53. The maximum Gasteiger partial charge on any atom is 0.150 e. The highest BCUT2D eigenvalue weighted by atomic mass is 19.1. The fourth-order valence-corrected chi connectivity index (χ4v) is 5.53. The lowest BCUT2D eigenvalue weighted by Gasteiger charge is -2.42. The Morgan fingerprint density at radius 3 is 2.27 bits per heavy atom. The number of benzene rings is 2. The Kier molecular flexibility index (Phi) is 5.71. The normalized spacial score (nSPS) is 21.5. The van der Waals surface area contributed by atoms with Crippen molar-refractivity contribution in [1.29, 1.82) is 0 Å². The summed E-state index contributed by atoms with van der Waals surface area (Å²) in [7, 11) is 0. The van der Waals surface area contributed by atoms with Gasteiger partial charge < -0.3 is 4.98 Å². The Labute approximate surface area is 191 Å². The quantitative estimate of drug-likeness (QED) is 0.385. The molecule has 0 amide bonds. The van der Waals surface area contributed by atoms with Crippen LogP contribution in [-0.2, 0) is 6.54 Å². The summed E-state index contributed by atoms with van der Waals surface area (Å²) in [5.41, 5.74) is 2.45.